The molecule has 0 aliphatic carbocycles. The zero-order chi connectivity index (χ0) is 13.5. The van der Waals surface area contributed by atoms with E-state index >= 15 is 0 Å². The smallest absolute Gasteiger partial charge is 0.210 e. The Labute approximate surface area is 116 Å². The van der Waals surface area contributed by atoms with Crippen molar-refractivity contribution in [1.29, 1.82) is 0 Å². The molecule has 0 radical (unpaired) electrons. The lowest BCUT2D eigenvalue weighted by molar-refractivity contribution is 0.0923. The fraction of sp³-hybridized carbons (Fsp3) is 0.267. The van der Waals surface area contributed by atoms with E-state index in [1.807, 2.05) is 42.6 Å². The first-order chi connectivity index (χ1) is 9.31. The molecular formula is C15H16O3S. The van der Waals surface area contributed by atoms with Crippen LogP contribution in [0.2, 0.25) is 0 Å². The molecule has 19 heavy (non-hydrogen) atoms. The van der Waals surface area contributed by atoms with Crippen molar-refractivity contribution < 1.29 is 14.3 Å². The van der Waals surface area contributed by atoms with Gasteiger partial charge in [0.1, 0.15) is 0 Å². The zero-order valence-corrected chi connectivity index (χ0v) is 11.6. The second kappa shape index (κ2) is 6.95. The second-order valence-corrected chi connectivity index (χ2v) is 4.93. The molecule has 2 aromatic rings. The highest BCUT2D eigenvalue weighted by molar-refractivity contribution is 7.12. The van der Waals surface area contributed by atoms with Gasteiger partial charge < -0.3 is 9.47 Å². The summed E-state index contributed by atoms with van der Waals surface area (Å²) in [6.07, 6.45) is 0.933. The molecule has 0 bridgehead atoms. The van der Waals surface area contributed by atoms with Crippen LogP contribution >= 0.6 is 11.3 Å². The van der Waals surface area contributed by atoms with Gasteiger partial charge in [-0.15, -0.1) is 11.3 Å². The van der Waals surface area contributed by atoms with Crippen LogP contribution in [-0.4, -0.2) is 19.0 Å². The highest BCUT2D eigenvalue weighted by Crippen LogP contribution is 2.26. The predicted octanol–water partition coefficient (Wildman–Crippen LogP) is 3.80. The first-order valence-electron chi connectivity index (χ1n) is 6.22. The van der Waals surface area contributed by atoms with E-state index in [2.05, 4.69) is 0 Å². The Morgan fingerprint density at radius 3 is 2.47 bits per heavy atom. The lowest BCUT2D eigenvalue weighted by Gasteiger charge is -2.11. The minimum absolute atomic E-state index is 0.0136. The summed E-state index contributed by atoms with van der Waals surface area (Å²) in [5.74, 6) is 1.28. The van der Waals surface area contributed by atoms with E-state index in [0.29, 0.717) is 23.0 Å². The van der Waals surface area contributed by atoms with Gasteiger partial charge in [0.15, 0.2) is 18.1 Å². The van der Waals surface area contributed by atoms with E-state index in [9.17, 15) is 4.79 Å². The van der Waals surface area contributed by atoms with Gasteiger partial charge in [0.25, 0.3) is 0 Å². The number of Topliss-reactive ketones (excluding diaryl/α,β-unsaturated/α-hetero) is 1. The molecule has 2 rings (SSSR count). The number of benzene rings is 1. The third-order valence-corrected chi connectivity index (χ3v) is 3.38. The quantitative estimate of drug-likeness (QED) is 0.722. The van der Waals surface area contributed by atoms with Crippen molar-refractivity contribution in [3.63, 3.8) is 0 Å². The van der Waals surface area contributed by atoms with Crippen LogP contribution in [0.25, 0.3) is 0 Å². The number of para-hydroxylation sites is 2. The third kappa shape index (κ3) is 3.83. The number of carbonyl (C=O) groups is 1. The van der Waals surface area contributed by atoms with Crippen LogP contribution in [-0.2, 0) is 0 Å². The molecular weight excluding hydrogens is 260 g/mol. The SMILES string of the molecule is CCCOc1ccccc1OCC(=O)c1cccs1. The minimum atomic E-state index is -0.0136. The average molecular weight is 276 g/mol. The van der Waals surface area contributed by atoms with Gasteiger partial charge in [0.05, 0.1) is 11.5 Å². The van der Waals surface area contributed by atoms with Gasteiger partial charge in [-0.25, -0.2) is 0 Å². The summed E-state index contributed by atoms with van der Waals surface area (Å²) in [5, 5.41) is 1.88. The van der Waals surface area contributed by atoms with E-state index in [1.165, 1.54) is 11.3 Å². The second-order valence-electron chi connectivity index (χ2n) is 3.98. The Balaban J connectivity index is 1.97. The number of hydrogen-bond donors (Lipinski definition) is 0. The summed E-state index contributed by atoms with van der Waals surface area (Å²) in [5.41, 5.74) is 0. The summed E-state index contributed by atoms with van der Waals surface area (Å²) in [7, 11) is 0. The molecule has 100 valence electrons. The first-order valence-corrected chi connectivity index (χ1v) is 7.10. The van der Waals surface area contributed by atoms with E-state index < -0.39 is 0 Å². The fourth-order valence-corrected chi connectivity index (χ4v) is 2.20. The van der Waals surface area contributed by atoms with Gasteiger partial charge in [-0.1, -0.05) is 25.1 Å². The van der Waals surface area contributed by atoms with Crippen LogP contribution < -0.4 is 9.47 Å². The number of ketones is 1. The molecule has 0 saturated carbocycles. The molecule has 1 heterocycles. The molecule has 3 nitrogen and oxygen atoms in total. The summed E-state index contributed by atoms with van der Waals surface area (Å²) in [6, 6.07) is 11.1. The van der Waals surface area contributed by atoms with Crippen LogP contribution in [0.5, 0.6) is 11.5 Å². The molecule has 0 saturated heterocycles. The van der Waals surface area contributed by atoms with Crippen LogP contribution in [0.3, 0.4) is 0 Å². The molecule has 1 aromatic carbocycles. The van der Waals surface area contributed by atoms with E-state index in [1.54, 1.807) is 6.07 Å². The molecule has 0 amide bonds. The molecule has 0 aliphatic heterocycles. The van der Waals surface area contributed by atoms with Crippen LogP contribution in [0.4, 0.5) is 0 Å². The van der Waals surface area contributed by atoms with E-state index in [4.69, 9.17) is 9.47 Å². The first kappa shape index (κ1) is 13.6. The number of carbonyl (C=O) groups excluding carboxylic acids is 1. The Hall–Kier alpha value is -1.81. The number of thiophene rings is 1. The van der Waals surface area contributed by atoms with E-state index in [-0.39, 0.29) is 12.4 Å². The predicted molar refractivity (Wildman–Crippen MR) is 76.4 cm³/mol. The van der Waals surface area contributed by atoms with Gasteiger partial charge in [-0.05, 0) is 30.0 Å². The van der Waals surface area contributed by atoms with Gasteiger partial charge >= 0.3 is 0 Å². The van der Waals surface area contributed by atoms with Crippen molar-refractivity contribution >= 4 is 17.1 Å². The van der Waals surface area contributed by atoms with Gasteiger partial charge in [-0.2, -0.15) is 0 Å². The molecule has 0 aliphatic rings. The summed E-state index contributed by atoms with van der Waals surface area (Å²) >= 11 is 1.42. The molecule has 0 unspecified atom stereocenters. The maximum absolute atomic E-state index is 11.8. The molecule has 0 N–H and O–H groups in total. The van der Waals surface area contributed by atoms with Gasteiger partial charge in [0, 0.05) is 0 Å². The lowest BCUT2D eigenvalue weighted by Crippen LogP contribution is -2.11. The lowest BCUT2D eigenvalue weighted by atomic mass is 10.3. The summed E-state index contributed by atoms with van der Waals surface area (Å²) in [4.78, 5) is 12.6. The normalized spacial score (nSPS) is 10.2. The van der Waals surface area contributed by atoms with Crippen molar-refractivity contribution in [2.45, 2.75) is 13.3 Å². The third-order valence-electron chi connectivity index (χ3n) is 2.47. The number of ether oxygens (including phenoxy) is 2. The maximum Gasteiger partial charge on any atom is 0.210 e. The van der Waals surface area contributed by atoms with Crippen molar-refractivity contribution in [1.82, 2.24) is 0 Å². The Morgan fingerprint density at radius 2 is 1.84 bits per heavy atom. The summed E-state index contributed by atoms with van der Waals surface area (Å²) in [6.45, 7) is 2.72. The molecule has 0 spiro atoms. The number of hydrogen-bond acceptors (Lipinski definition) is 4. The van der Waals surface area contributed by atoms with Crippen molar-refractivity contribution in [3.05, 3.63) is 46.7 Å². The number of rotatable bonds is 7. The summed E-state index contributed by atoms with van der Waals surface area (Å²) < 4.78 is 11.1. The van der Waals surface area contributed by atoms with Crippen molar-refractivity contribution in [3.8, 4) is 11.5 Å². The molecule has 0 atom stereocenters. The highest BCUT2D eigenvalue weighted by Gasteiger charge is 2.10. The van der Waals surface area contributed by atoms with Gasteiger partial charge in [0.2, 0.25) is 5.78 Å². The average Bonchev–Trinajstić information content (AvgIpc) is 2.97. The Bertz CT molecular complexity index is 520. The zero-order valence-electron chi connectivity index (χ0n) is 10.8. The Morgan fingerprint density at radius 1 is 1.11 bits per heavy atom. The minimum Gasteiger partial charge on any atom is -0.490 e. The monoisotopic (exact) mass is 276 g/mol. The van der Waals surface area contributed by atoms with Crippen LogP contribution in [0.1, 0.15) is 23.0 Å². The fourth-order valence-electron chi connectivity index (χ4n) is 1.55. The Kier molecular flexibility index (Phi) is 4.98. The van der Waals surface area contributed by atoms with Crippen LogP contribution in [0.15, 0.2) is 41.8 Å². The van der Waals surface area contributed by atoms with Crippen molar-refractivity contribution in [2.75, 3.05) is 13.2 Å². The topological polar surface area (TPSA) is 35.5 Å². The largest absolute Gasteiger partial charge is 0.490 e. The molecule has 0 fully saturated rings. The highest BCUT2D eigenvalue weighted by atomic mass is 32.1. The maximum atomic E-state index is 11.8. The van der Waals surface area contributed by atoms with Crippen molar-refractivity contribution in [2.24, 2.45) is 0 Å². The standard InChI is InChI=1S/C15H16O3S/c1-2-9-17-13-6-3-4-7-14(13)18-11-12(16)15-8-5-10-19-15/h3-8,10H,2,9,11H2,1H3. The molecule has 1 aromatic heterocycles. The van der Waals surface area contributed by atoms with E-state index in [0.717, 1.165) is 6.42 Å². The van der Waals surface area contributed by atoms with Crippen LogP contribution in [0, 0.1) is 0 Å². The van der Waals surface area contributed by atoms with Gasteiger partial charge in [-0.3, -0.25) is 4.79 Å². The molecule has 4 heteroatoms.